The van der Waals surface area contributed by atoms with Crippen molar-refractivity contribution in [2.24, 2.45) is 0 Å². The smallest absolute Gasteiger partial charge is 0.342 e. The maximum atomic E-state index is 11.3. The number of carbonyl (C=O) groups excluding carboxylic acids is 2. The molecule has 0 radical (unpaired) electrons. The Labute approximate surface area is 99.3 Å². The number of ether oxygens (including phenoxy) is 3. The van der Waals surface area contributed by atoms with Gasteiger partial charge in [0.05, 0.1) is 17.8 Å². The van der Waals surface area contributed by atoms with Crippen molar-refractivity contribution in [3.63, 3.8) is 0 Å². The molecule has 92 valence electrons. The molecule has 5 heteroatoms. The van der Waals surface area contributed by atoms with E-state index in [-0.39, 0.29) is 23.9 Å². The van der Waals surface area contributed by atoms with Gasteiger partial charge in [-0.15, -0.1) is 0 Å². The van der Waals surface area contributed by atoms with Crippen molar-refractivity contribution in [1.82, 2.24) is 0 Å². The maximum Gasteiger partial charge on any atom is 0.342 e. The SMILES string of the molecule is C=CC(=C)C(=O)O/C=C(\C)C(=O)OCC1CO1. The van der Waals surface area contributed by atoms with Gasteiger partial charge in [-0.3, -0.25) is 0 Å². The van der Waals surface area contributed by atoms with Gasteiger partial charge in [-0.2, -0.15) is 0 Å². The van der Waals surface area contributed by atoms with E-state index in [1.165, 1.54) is 13.0 Å². The van der Waals surface area contributed by atoms with Gasteiger partial charge in [0.1, 0.15) is 19.0 Å². The van der Waals surface area contributed by atoms with Crippen molar-refractivity contribution in [1.29, 1.82) is 0 Å². The Morgan fingerprint density at radius 2 is 2.12 bits per heavy atom. The standard InChI is InChI=1S/C12H14O5/c1-4-8(2)11(13)16-5-9(3)12(14)17-7-10-6-15-10/h4-5,10H,1-2,6-7H2,3H3/b9-5+. The molecule has 1 aliphatic heterocycles. The molecule has 1 fully saturated rings. The van der Waals surface area contributed by atoms with Gasteiger partial charge in [-0.05, 0) is 6.92 Å². The van der Waals surface area contributed by atoms with Gasteiger partial charge in [0.15, 0.2) is 0 Å². The fraction of sp³-hybridized carbons (Fsp3) is 0.333. The highest BCUT2D eigenvalue weighted by molar-refractivity contribution is 5.92. The molecule has 1 rings (SSSR count). The number of esters is 2. The number of rotatable bonds is 6. The molecule has 5 nitrogen and oxygen atoms in total. The molecule has 1 unspecified atom stereocenters. The molecular formula is C12H14O5. The van der Waals surface area contributed by atoms with Crippen molar-refractivity contribution in [2.45, 2.75) is 13.0 Å². The molecule has 0 aromatic heterocycles. The minimum atomic E-state index is -0.655. The largest absolute Gasteiger partial charge is 0.459 e. The molecule has 0 bridgehead atoms. The average Bonchev–Trinajstić information content (AvgIpc) is 3.15. The molecular weight excluding hydrogens is 224 g/mol. The normalized spacial score (nSPS) is 18.2. The third-order valence-electron chi connectivity index (χ3n) is 1.98. The first-order valence-electron chi connectivity index (χ1n) is 5.02. The predicted molar refractivity (Wildman–Crippen MR) is 59.9 cm³/mol. The first-order valence-corrected chi connectivity index (χ1v) is 5.02. The monoisotopic (exact) mass is 238 g/mol. The lowest BCUT2D eigenvalue weighted by molar-refractivity contribution is -0.139. The highest BCUT2D eigenvalue weighted by atomic mass is 16.6. The molecule has 0 saturated carbocycles. The minimum absolute atomic E-state index is 0.00911. The van der Waals surface area contributed by atoms with Gasteiger partial charge in [-0.25, -0.2) is 9.59 Å². The quantitative estimate of drug-likeness (QED) is 0.228. The minimum Gasteiger partial charge on any atom is -0.459 e. The molecule has 17 heavy (non-hydrogen) atoms. The number of hydrogen-bond acceptors (Lipinski definition) is 5. The van der Waals surface area contributed by atoms with Gasteiger partial charge in [0.25, 0.3) is 0 Å². The van der Waals surface area contributed by atoms with Crippen LogP contribution in [0.4, 0.5) is 0 Å². The molecule has 1 aliphatic rings. The van der Waals surface area contributed by atoms with Crippen LogP contribution in [-0.2, 0) is 23.8 Å². The van der Waals surface area contributed by atoms with Crippen molar-refractivity contribution in [3.05, 3.63) is 36.6 Å². The number of hydrogen-bond donors (Lipinski definition) is 0. The summed E-state index contributed by atoms with van der Waals surface area (Å²) in [6.07, 6.45) is 2.32. The van der Waals surface area contributed by atoms with Crippen LogP contribution in [-0.4, -0.2) is 31.3 Å². The Morgan fingerprint density at radius 3 is 2.65 bits per heavy atom. The Balaban J connectivity index is 2.35. The van der Waals surface area contributed by atoms with E-state index in [2.05, 4.69) is 13.2 Å². The fourth-order valence-corrected chi connectivity index (χ4v) is 0.796. The molecule has 1 atom stereocenters. The first kappa shape index (κ1) is 13.2. The molecule has 0 spiro atoms. The topological polar surface area (TPSA) is 65.1 Å². The summed E-state index contributed by atoms with van der Waals surface area (Å²) in [6, 6.07) is 0. The zero-order valence-electron chi connectivity index (χ0n) is 9.60. The van der Waals surface area contributed by atoms with Crippen LogP contribution in [0.15, 0.2) is 36.6 Å². The second kappa shape index (κ2) is 6.00. The Hall–Kier alpha value is -1.88. The molecule has 0 N–H and O–H groups in total. The van der Waals surface area contributed by atoms with Gasteiger partial charge < -0.3 is 14.2 Å². The first-order chi connectivity index (χ1) is 8.04. The lowest BCUT2D eigenvalue weighted by Crippen LogP contribution is -2.11. The van der Waals surface area contributed by atoms with Crippen LogP contribution < -0.4 is 0 Å². The van der Waals surface area contributed by atoms with Gasteiger partial charge in [0.2, 0.25) is 0 Å². The zero-order valence-corrected chi connectivity index (χ0v) is 9.60. The van der Waals surface area contributed by atoms with Crippen molar-refractivity contribution < 1.29 is 23.8 Å². The molecule has 0 aromatic rings. The van der Waals surface area contributed by atoms with Crippen molar-refractivity contribution in [2.75, 3.05) is 13.2 Å². The molecule has 0 aliphatic carbocycles. The third kappa shape index (κ3) is 4.65. The van der Waals surface area contributed by atoms with Crippen LogP contribution in [0.1, 0.15) is 6.92 Å². The van der Waals surface area contributed by atoms with Crippen LogP contribution in [0.2, 0.25) is 0 Å². The average molecular weight is 238 g/mol. The summed E-state index contributed by atoms with van der Waals surface area (Å²) in [7, 11) is 0. The van der Waals surface area contributed by atoms with E-state index in [1.807, 2.05) is 0 Å². The highest BCUT2D eigenvalue weighted by Gasteiger charge is 2.24. The molecule has 1 saturated heterocycles. The second-order valence-electron chi connectivity index (χ2n) is 3.49. The zero-order chi connectivity index (χ0) is 12.8. The Bertz CT molecular complexity index is 376. The van der Waals surface area contributed by atoms with Crippen LogP contribution in [0, 0.1) is 0 Å². The Kier molecular flexibility index (Phi) is 4.66. The summed E-state index contributed by atoms with van der Waals surface area (Å²) in [5, 5.41) is 0. The van der Waals surface area contributed by atoms with Crippen LogP contribution >= 0.6 is 0 Å². The second-order valence-corrected chi connectivity index (χ2v) is 3.49. The molecule has 1 heterocycles. The van der Waals surface area contributed by atoms with Crippen molar-refractivity contribution >= 4 is 11.9 Å². The highest BCUT2D eigenvalue weighted by Crippen LogP contribution is 2.10. The van der Waals surface area contributed by atoms with E-state index in [4.69, 9.17) is 14.2 Å². The van der Waals surface area contributed by atoms with Crippen LogP contribution in [0.3, 0.4) is 0 Å². The van der Waals surface area contributed by atoms with Crippen LogP contribution in [0.5, 0.6) is 0 Å². The summed E-state index contributed by atoms with van der Waals surface area (Å²) >= 11 is 0. The van der Waals surface area contributed by atoms with Crippen molar-refractivity contribution in [3.8, 4) is 0 Å². The summed E-state index contributed by atoms with van der Waals surface area (Å²) in [6.45, 7) is 9.10. The number of carbonyl (C=O) groups is 2. The predicted octanol–water partition coefficient (Wildman–Crippen LogP) is 1.12. The maximum absolute atomic E-state index is 11.3. The van der Waals surface area contributed by atoms with Crippen LogP contribution in [0.25, 0.3) is 0 Å². The fourth-order valence-electron chi connectivity index (χ4n) is 0.796. The van der Waals surface area contributed by atoms with E-state index in [0.29, 0.717) is 6.61 Å². The summed E-state index contributed by atoms with van der Waals surface area (Å²) in [5.41, 5.74) is 0.310. The lowest BCUT2D eigenvalue weighted by Gasteiger charge is -2.03. The van der Waals surface area contributed by atoms with Gasteiger partial charge in [0, 0.05) is 0 Å². The molecule has 0 amide bonds. The summed E-state index contributed by atoms with van der Waals surface area (Å²) < 4.78 is 14.5. The number of epoxide rings is 1. The van der Waals surface area contributed by atoms with Gasteiger partial charge in [-0.1, -0.05) is 19.2 Å². The Morgan fingerprint density at radius 1 is 1.47 bits per heavy atom. The summed E-state index contributed by atoms with van der Waals surface area (Å²) in [5.74, 6) is -1.20. The van der Waals surface area contributed by atoms with E-state index in [0.717, 1.165) is 6.26 Å². The summed E-state index contributed by atoms with van der Waals surface area (Å²) in [4.78, 5) is 22.5. The third-order valence-corrected chi connectivity index (χ3v) is 1.98. The van der Waals surface area contributed by atoms with E-state index in [1.54, 1.807) is 0 Å². The van der Waals surface area contributed by atoms with Gasteiger partial charge >= 0.3 is 11.9 Å². The lowest BCUT2D eigenvalue weighted by atomic mass is 10.3. The van der Waals surface area contributed by atoms with E-state index >= 15 is 0 Å². The van der Waals surface area contributed by atoms with E-state index < -0.39 is 11.9 Å². The van der Waals surface area contributed by atoms with E-state index in [9.17, 15) is 9.59 Å². The molecule has 0 aromatic carbocycles.